The number of nitrogens with one attached hydrogen (secondary N) is 2. The van der Waals surface area contributed by atoms with Crippen LogP contribution in [0.2, 0.25) is 0 Å². The first kappa shape index (κ1) is 20.2. The predicted octanol–water partition coefficient (Wildman–Crippen LogP) is 1.76. The average molecular weight is 359 g/mol. The molecule has 0 fully saturated rings. The summed E-state index contributed by atoms with van der Waals surface area (Å²) in [5.74, 6) is 0.128. The van der Waals surface area contributed by atoms with Gasteiger partial charge in [-0.3, -0.25) is 9.59 Å². The lowest BCUT2D eigenvalue weighted by atomic mass is 10.0. The second kappa shape index (κ2) is 10.1. The highest BCUT2D eigenvalue weighted by atomic mass is 16.2. The smallest absolute Gasteiger partial charge is 0.281 e. The molecule has 0 heterocycles. The molecule has 0 radical (unpaired) electrons. The topological polar surface area (TPSA) is 53.9 Å². The number of quaternary nitrogens is 1. The molecule has 26 heavy (non-hydrogen) atoms. The largest absolute Gasteiger partial charge is 0.355 e. The third-order valence-corrected chi connectivity index (χ3v) is 4.76. The van der Waals surface area contributed by atoms with Crippen molar-refractivity contribution in [3.05, 3.63) is 47.2 Å². The highest BCUT2D eigenvalue weighted by Crippen LogP contribution is 2.21. The van der Waals surface area contributed by atoms with Crippen molar-refractivity contribution >= 4 is 11.8 Å². The van der Waals surface area contributed by atoms with Crippen LogP contribution >= 0.6 is 0 Å². The van der Waals surface area contributed by atoms with Crippen molar-refractivity contribution in [3.8, 4) is 0 Å². The van der Waals surface area contributed by atoms with Crippen LogP contribution in [0.1, 0.15) is 54.9 Å². The first-order valence-electron chi connectivity index (χ1n) is 9.66. The van der Waals surface area contributed by atoms with E-state index in [0.29, 0.717) is 12.1 Å². The molecule has 0 saturated heterocycles. The molecule has 1 unspecified atom stereocenters. The molecule has 1 atom stereocenters. The number of carbonyl (C=O) groups excluding carboxylic acids is 2. The minimum atomic E-state index is -0.0802. The van der Waals surface area contributed by atoms with E-state index in [-0.39, 0.29) is 11.8 Å². The molecule has 2 amide bonds. The fourth-order valence-electron chi connectivity index (χ4n) is 3.40. The summed E-state index contributed by atoms with van der Waals surface area (Å²) in [6.07, 6.45) is 7.73. The standard InChI is InChI=1S/C21H31N3O2/c1-4-14-24(19-8-6-5-7-9-19)20(25)16-23(3)15-17-10-12-18(13-11-17)21(26)22-2/h8,10-13H,4-7,9,14-16H2,1-3H3,(H,22,26)/p+1. The zero-order valence-corrected chi connectivity index (χ0v) is 16.3. The number of benzene rings is 1. The van der Waals surface area contributed by atoms with Gasteiger partial charge in [-0.15, -0.1) is 0 Å². The van der Waals surface area contributed by atoms with Crippen molar-refractivity contribution in [2.24, 2.45) is 0 Å². The minimum Gasteiger partial charge on any atom is -0.355 e. The number of likely N-dealkylation sites (N-methyl/N-ethyl adjacent to an activating group) is 1. The van der Waals surface area contributed by atoms with E-state index in [1.807, 2.05) is 36.2 Å². The summed E-state index contributed by atoms with van der Waals surface area (Å²) in [6, 6.07) is 7.59. The average Bonchev–Trinajstić information content (AvgIpc) is 2.66. The Balaban J connectivity index is 1.94. The predicted molar refractivity (Wildman–Crippen MR) is 104 cm³/mol. The fraction of sp³-hybridized carbons (Fsp3) is 0.524. The number of allylic oxidation sites excluding steroid dienone is 2. The minimum absolute atomic E-state index is 0.0802. The van der Waals surface area contributed by atoms with E-state index in [9.17, 15) is 9.59 Å². The number of amides is 2. The molecule has 142 valence electrons. The Morgan fingerprint density at radius 3 is 2.50 bits per heavy atom. The molecule has 5 nitrogen and oxygen atoms in total. The van der Waals surface area contributed by atoms with Crippen LogP contribution in [0.25, 0.3) is 0 Å². The van der Waals surface area contributed by atoms with Crippen molar-refractivity contribution in [3.63, 3.8) is 0 Å². The van der Waals surface area contributed by atoms with Crippen molar-refractivity contribution < 1.29 is 14.5 Å². The lowest BCUT2D eigenvalue weighted by molar-refractivity contribution is -0.885. The van der Waals surface area contributed by atoms with Gasteiger partial charge in [0.05, 0.1) is 7.05 Å². The van der Waals surface area contributed by atoms with Gasteiger partial charge in [0.15, 0.2) is 6.54 Å². The maximum absolute atomic E-state index is 12.8. The molecule has 0 aromatic heterocycles. The lowest BCUT2D eigenvalue weighted by Crippen LogP contribution is -3.08. The van der Waals surface area contributed by atoms with Crippen LogP contribution < -0.4 is 10.2 Å². The van der Waals surface area contributed by atoms with Crippen LogP contribution in [0.3, 0.4) is 0 Å². The second-order valence-electron chi connectivity index (χ2n) is 7.07. The quantitative estimate of drug-likeness (QED) is 0.744. The number of carbonyl (C=O) groups is 2. The third kappa shape index (κ3) is 5.70. The summed E-state index contributed by atoms with van der Waals surface area (Å²) in [5.41, 5.74) is 3.00. The summed E-state index contributed by atoms with van der Waals surface area (Å²) in [6.45, 7) is 4.17. The SMILES string of the molecule is CCCN(C(=O)C[NH+](C)Cc1ccc(C(=O)NC)cc1)C1=CCCCC1. The molecule has 1 aliphatic carbocycles. The summed E-state index contributed by atoms with van der Waals surface area (Å²) in [5, 5.41) is 2.62. The van der Waals surface area contributed by atoms with Gasteiger partial charge in [-0.05, 0) is 44.2 Å². The zero-order chi connectivity index (χ0) is 18.9. The van der Waals surface area contributed by atoms with Crippen molar-refractivity contribution in [2.75, 3.05) is 27.2 Å². The molecular weight excluding hydrogens is 326 g/mol. The second-order valence-corrected chi connectivity index (χ2v) is 7.07. The first-order chi connectivity index (χ1) is 12.5. The molecule has 0 saturated carbocycles. The van der Waals surface area contributed by atoms with E-state index in [1.54, 1.807) is 7.05 Å². The van der Waals surface area contributed by atoms with Crippen LogP contribution in [-0.2, 0) is 11.3 Å². The molecule has 1 aromatic rings. The van der Waals surface area contributed by atoms with E-state index < -0.39 is 0 Å². The molecule has 0 aliphatic heterocycles. The maximum atomic E-state index is 12.8. The number of rotatable bonds is 8. The number of hydrogen-bond donors (Lipinski definition) is 2. The number of hydrogen-bond acceptors (Lipinski definition) is 2. The van der Waals surface area contributed by atoms with Gasteiger partial charge in [0.1, 0.15) is 6.54 Å². The highest BCUT2D eigenvalue weighted by molar-refractivity contribution is 5.93. The molecule has 1 aliphatic rings. The van der Waals surface area contributed by atoms with Crippen LogP contribution in [-0.4, -0.2) is 43.9 Å². The van der Waals surface area contributed by atoms with Crippen LogP contribution in [0.4, 0.5) is 0 Å². The Hall–Kier alpha value is -2.14. The zero-order valence-electron chi connectivity index (χ0n) is 16.3. The van der Waals surface area contributed by atoms with E-state index in [0.717, 1.165) is 42.8 Å². The monoisotopic (exact) mass is 358 g/mol. The molecule has 0 spiro atoms. The fourth-order valence-corrected chi connectivity index (χ4v) is 3.40. The summed E-state index contributed by atoms with van der Waals surface area (Å²) in [7, 11) is 3.67. The van der Waals surface area contributed by atoms with Gasteiger partial charge < -0.3 is 15.1 Å². The maximum Gasteiger partial charge on any atom is 0.281 e. The van der Waals surface area contributed by atoms with Gasteiger partial charge in [-0.1, -0.05) is 25.1 Å². The molecule has 5 heteroatoms. The Morgan fingerprint density at radius 1 is 1.19 bits per heavy atom. The third-order valence-electron chi connectivity index (χ3n) is 4.76. The lowest BCUT2D eigenvalue weighted by Gasteiger charge is -2.28. The molecule has 0 bridgehead atoms. The van der Waals surface area contributed by atoms with Crippen molar-refractivity contribution in [1.29, 1.82) is 0 Å². The van der Waals surface area contributed by atoms with Crippen molar-refractivity contribution in [2.45, 2.75) is 45.6 Å². The van der Waals surface area contributed by atoms with Gasteiger partial charge in [-0.2, -0.15) is 0 Å². The Morgan fingerprint density at radius 2 is 1.92 bits per heavy atom. The van der Waals surface area contributed by atoms with Crippen molar-refractivity contribution in [1.82, 2.24) is 10.2 Å². The van der Waals surface area contributed by atoms with Crippen LogP contribution in [0.5, 0.6) is 0 Å². The van der Waals surface area contributed by atoms with Gasteiger partial charge in [0.2, 0.25) is 0 Å². The Kier molecular flexibility index (Phi) is 7.85. The Labute approximate surface area is 157 Å². The van der Waals surface area contributed by atoms with Gasteiger partial charge in [0, 0.05) is 30.4 Å². The van der Waals surface area contributed by atoms with E-state index in [4.69, 9.17) is 0 Å². The normalized spacial score (nSPS) is 15.1. The first-order valence-corrected chi connectivity index (χ1v) is 9.66. The Bertz CT molecular complexity index is 637. The summed E-state index contributed by atoms with van der Waals surface area (Å²) in [4.78, 5) is 27.6. The van der Waals surface area contributed by atoms with E-state index >= 15 is 0 Å². The van der Waals surface area contributed by atoms with Gasteiger partial charge in [-0.25, -0.2) is 0 Å². The van der Waals surface area contributed by atoms with Gasteiger partial charge in [0.25, 0.3) is 11.8 Å². The van der Waals surface area contributed by atoms with E-state index in [1.165, 1.54) is 18.5 Å². The van der Waals surface area contributed by atoms with Gasteiger partial charge >= 0.3 is 0 Å². The number of nitrogens with zero attached hydrogens (tertiary/aromatic N) is 1. The molecular formula is C21H32N3O2+. The molecule has 2 N–H and O–H groups in total. The molecule has 2 rings (SSSR count). The van der Waals surface area contributed by atoms with E-state index in [2.05, 4.69) is 18.3 Å². The van der Waals surface area contributed by atoms with Crippen LogP contribution in [0.15, 0.2) is 36.0 Å². The molecule has 1 aromatic carbocycles. The highest BCUT2D eigenvalue weighted by Gasteiger charge is 2.21. The summed E-state index contributed by atoms with van der Waals surface area (Å²) >= 11 is 0. The van der Waals surface area contributed by atoms with Crippen LogP contribution in [0, 0.1) is 0 Å². The summed E-state index contributed by atoms with van der Waals surface area (Å²) < 4.78 is 0.